The SMILES string of the molecule is CS(=O)(=O)N1CCc2c(ncn(CC3CCc4ccccc4C3)c2=O)C1. The Morgan fingerprint density at radius 2 is 1.96 bits per heavy atom. The van der Waals surface area contributed by atoms with Crippen molar-refractivity contribution in [2.24, 2.45) is 5.92 Å². The predicted molar refractivity (Wildman–Crippen MR) is 99.4 cm³/mol. The predicted octanol–water partition coefficient (Wildman–Crippen LogP) is 1.37. The Hall–Kier alpha value is -1.99. The van der Waals surface area contributed by atoms with Gasteiger partial charge in [-0.05, 0) is 42.7 Å². The third kappa shape index (κ3) is 3.33. The molecule has 0 bridgehead atoms. The van der Waals surface area contributed by atoms with Gasteiger partial charge in [-0.3, -0.25) is 9.36 Å². The van der Waals surface area contributed by atoms with Gasteiger partial charge in [-0.1, -0.05) is 24.3 Å². The van der Waals surface area contributed by atoms with E-state index in [9.17, 15) is 13.2 Å². The Balaban J connectivity index is 1.54. The molecule has 1 aromatic carbocycles. The molecule has 2 aromatic rings. The number of hydrogen-bond donors (Lipinski definition) is 0. The van der Waals surface area contributed by atoms with E-state index in [4.69, 9.17) is 0 Å². The molecular formula is C19H23N3O3S. The smallest absolute Gasteiger partial charge is 0.256 e. The van der Waals surface area contributed by atoms with Gasteiger partial charge in [0.1, 0.15) is 0 Å². The van der Waals surface area contributed by atoms with Crippen LogP contribution in [0.2, 0.25) is 0 Å². The van der Waals surface area contributed by atoms with Crippen LogP contribution in [0.3, 0.4) is 0 Å². The van der Waals surface area contributed by atoms with Crippen molar-refractivity contribution in [3.05, 3.63) is 63.3 Å². The monoisotopic (exact) mass is 373 g/mol. The first-order valence-corrected chi connectivity index (χ1v) is 10.9. The van der Waals surface area contributed by atoms with Gasteiger partial charge in [0.05, 0.1) is 24.8 Å². The maximum absolute atomic E-state index is 12.8. The summed E-state index contributed by atoms with van der Waals surface area (Å²) >= 11 is 0. The molecule has 6 nitrogen and oxygen atoms in total. The molecule has 0 N–H and O–H groups in total. The van der Waals surface area contributed by atoms with Crippen LogP contribution in [-0.4, -0.2) is 35.1 Å². The number of aromatic nitrogens is 2. The van der Waals surface area contributed by atoms with Gasteiger partial charge in [-0.15, -0.1) is 0 Å². The van der Waals surface area contributed by atoms with Crippen molar-refractivity contribution >= 4 is 10.0 Å². The second-order valence-electron chi connectivity index (χ2n) is 7.35. The highest BCUT2D eigenvalue weighted by molar-refractivity contribution is 7.88. The lowest BCUT2D eigenvalue weighted by molar-refractivity contribution is 0.368. The molecule has 0 spiro atoms. The molecule has 2 aliphatic rings. The summed E-state index contributed by atoms with van der Waals surface area (Å²) < 4.78 is 26.5. The molecule has 7 heteroatoms. The molecule has 4 rings (SSSR count). The van der Waals surface area contributed by atoms with E-state index in [0.717, 1.165) is 19.3 Å². The fraction of sp³-hybridized carbons (Fsp3) is 0.474. The van der Waals surface area contributed by atoms with Gasteiger partial charge < -0.3 is 0 Å². The van der Waals surface area contributed by atoms with Crippen LogP contribution in [0.15, 0.2) is 35.4 Å². The molecule has 0 radical (unpaired) electrons. The lowest BCUT2D eigenvalue weighted by atomic mass is 9.84. The van der Waals surface area contributed by atoms with Crippen molar-refractivity contribution in [3.63, 3.8) is 0 Å². The Morgan fingerprint density at radius 1 is 1.19 bits per heavy atom. The molecule has 26 heavy (non-hydrogen) atoms. The molecule has 138 valence electrons. The topological polar surface area (TPSA) is 72.3 Å². The average molecular weight is 373 g/mol. The summed E-state index contributed by atoms with van der Waals surface area (Å²) in [5, 5.41) is 0. The van der Waals surface area contributed by atoms with Gasteiger partial charge in [-0.25, -0.2) is 13.4 Å². The summed E-state index contributed by atoms with van der Waals surface area (Å²) in [6.45, 7) is 1.22. The highest BCUT2D eigenvalue weighted by Gasteiger charge is 2.27. The third-order valence-corrected chi connectivity index (χ3v) is 6.78. The van der Waals surface area contributed by atoms with Gasteiger partial charge in [0, 0.05) is 18.7 Å². The molecule has 0 amide bonds. The van der Waals surface area contributed by atoms with E-state index in [0.29, 0.717) is 36.7 Å². The Morgan fingerprint density at radius 3 is 2.73 bits per heavy atom. The van der Waals surface area contributed by atoms with E-state index >= 15 is 0 Å². The summed E-state index contributed by atoms with van der Waals surface area (Å²) in [6, 6.07) is 8.51. The van der Waals surface area contributed by atoms with Crippen LogP contribution in [-0.2, 0) is 42.4 Å². The van der Waals surface area contributed by atoms with Crippen molar-refractivity contribution in [1.29, 1.82) is 0 Å². The van der Waals surface area contributed by atoms with E-state index in [1.54, 1.807) is 10.9 Å². The summed E-state index contributed by atoms with van der Waals surface area (Å²) in [6.07, 6.45) is 6.33. The number of aryl methyl sites for hydroxylation is 1. The molecule has 1 aliphatic carbocycles. The number of nitrogens with zero attached hydrogens (tertiary/aromatic N) is 3. The first-order chi connectivity index (χ1) is 12.4. The quantitative estimate of drug-likeness (QED) is 0.815. The van der Waals surface area contributed by atoms with E-state index < -0.39 is 10.0 Å². The number of rotatable bonds is 3. The fourth-order valence-corrected chi connectivity index (χ4v) is 4.84. The summed E-state index contributed by atoms with van der Waals surface area (Å²) in [5.41, 5.74) is 4.05. The molecule has 2 heterocycles. The van der Waals surface area contributed by atoms with Crippen molar-refractivity contribution in [3.8, 4) is 0 Å². The van der Waals surface area contributed by atoms with Crippen LogP contribution >= 0.6 is 0 Å². The van der Waals surface area contributed by atoms with E-state index in [1.165, 1.54) is 21.7 Å². The number of benzene rings is 1. The van der Waals surface area contributed by atoms with Gasteiger partial charge in [-0.2, -0.15) is 4.31 Å². The first-order valence-electron chi connectivity index (χ1n) is 9.01. The molecule has 1 unspecified atom stereocenters. The molecule has 1 aromatic heterocycles. The number of fused-ring (bicyclic) bond motifs is 2. The first kappa shape index (κ1) is 17.4. The van der Waals surface area contributed by atoms with Crippen LogP contribution in [0.1, 0.15) is 28.8 Å². The minimum atomic E-state index is -3.26. The molecule has 1 aliphatic heterocycles. The third-order valence-electron chi connectivity index (χ3n) is 5.53. The Bertz CT molecular complexity index is 997. The highest BCUT2D eigenvalue weighted by Crippen LogP contribution is 2.26. The Labute approximate surface area is 153 Å². The van der Waals surface area contributed by atoms with Crippen LogP contribution in [0.4, 0.5) is 0 Å². The Kier molecular flexibility index (Phi) is 4.44. The maximum atomic E-state index is 12.8. The molecule has 0 saturated heterocycles. The van der Waals surface area contributed by atoms with E-state index in [2.05, 4.69) is 29.2 Å². The molecule has 0 saturated carbocycles. The second kappa shape index (κ2) is 6.63. The van der Waals surface area contributed by atoms with Crippen LogP contribution in [0, 0.1) is 5.92 Å². The van der Waals surface area contributed by atoms with E-state index in [-0.39, 0.29) is 12.1 Å². The van der Waals surface area contributed by atoms with Gasteiger partial charge >= 0.3 is 0 Å². The molecule has 1 atom stereocenters. The van der Waals surface area contributed by atoms with Crippen LogP contribution < -0.4 is 5.56 Å². The summed E-state index contributed by atoms with van der Waals surface area (Å²) in [7, 11) is -3.26. The van der Waals surface area contributed by atoms with Crippen molar-refractivity contribution in [2.45, 2.75) is 38.8 Å². The van der Waals surface area contributed by atoms with Gasteiger partial charge in [0.2, 0.25) is 10.0 Å². The zero-order chi connectivity index (χ0) is 18.3. The largest absolute Gasteiger partial charge is 0.299 e. The van der Waals surface area contributed by atoms with Crippen LogP contribution in [0.25, 0.3) is 0 Å². The highest BCUT2D eigenvalue weighted by atomic mass is 32.2. The van der Waals surface area contributed by atoms with Gasteiger partial charge in [0.25, 0.3) is 5.56 Å². The normalized spacial score (nSPS) is 20.4. The minimum Gasteiger partial charge on any atom is -0.299 e. The molecular weight excluding hydrogens is 350 g/mol. The standard InChI is InChI=1S/C19H23N3O3S/c1-26(24,25)22-9-8-17-18(12-22)20-13-21(19(17)23)11-14-6-7-15-4-2-3-5-16(15)10-14/h2-5,13-14H,6-12H2,1H3. The zero-order valence-corrected chi connectivity index (χ0v) is 15.7. The average Bonchev–Trinajstić information content (AvgIpc) is 2.63. The fourth-order valence-electron chi connectivity index (χ4n) is 4.06. The minimum absolute atomic E-state index is 0.0120. The lowest BCUT2D eigenvalue weighted by Crippen LogP contribution is -2.40. The number of sulfonamides is 1. The van der Waals surface area contributed by atoms with E-state index in [1.807, 2.05) is 0 Å². The van der Waals surface area contributed by atoms with Crippen molar-refractivity contribution in [1.82, 2.24) is 13.9 Å². The zero-order valence-electron chi connectivity index (χ0n) is 14.9. The second-order valence-corrected chi connectivity index (χ2v) is 9.33. The summed E-state index contributed by atoms with van der Waals surface area (Å²) in [5.74, 6) is 0.429. The van der Waals surface area contributed by atoms with Crippen molar-refractivity contribution < 1.29 is 8.42 Å². The molecule has 0 fully saturated rings. The maximum Gasteiger partial charge on any atom is 0.256 e. The van der Waals surface area contributed by atoms with Gasteiger partial charge in [0.15, 0.2) is 0 Å². The van der Waals surface area contributed by atoms with Crippen LogP contribution in [0.5, 0.6) is 0 Å². The summed E-state index contributed by atoms with van der Waals surface area (Å²) in [4.78, 5) is 17.3. The number of hydrogen-bond acceptors (Lipinski definition) is 4. The van der Waals surface area contributed by atoms with Crippen molar-refractivity contribution in [2.75, 3.05) is 12.8 Å². The lowest BCUT2D eigenvalue weighted by Gasteiger charge is -2.27.